The number of aromatic nitrogens is 2. The molecule has 11 nitrogen and oxygen atoms in total. The van der Waals surface area contributed by atoms with E-state index in [2.05, 4.69) is 17.6 Å². The van der Waals surface area contributed by atoms with Crippen molar-refractivity contribution in [3.05, 3.63) is 87.0 Å². The summed E-state index contributed by atoms with van der Waals surface area (Å²) in [6.07, 6.45) is -0.369. The van der Waals surface area contributed by atoms with E-state index in [1.54, 1.807) is 34.6 Å². The molecule has 1 saturated heterocycles. The number of nitrogens with zero attached hydrogens (tertiary/aromatic N) is 3. The van der Waals surface area contributed by atoms with Crippen molar-refractivity contribution in [2.75, 3.05) is 19.8 Å². The Morgan fingerprint density at radius 3 is 1.86 bits per heavy atom. The van der Waals surface area contributed by atoms with E-state index in [0.717, 1.165) is 17.8 Å². The number of amides is 1. The van der Waals surface area contributed by atoms with E-state index >= 15 is 0 Å². The largest absolute Gasteiger partial charge is 1.00 e. The summed E-state index contributed by atoms with van der Waals surface area (Å²) in [6, 6.07) is 5.73. The fourth-order valence-corrected chi connectivity index (χ4v) is 6.53. The van der Waals surface area contributed by atoms with E-state index in [0.29, 0.717) is 41.2 Å². The summed E-state index contributed by atoms with van der Waals surface area (Å²) < 4.78 is 71.5. The van der Waals surface area contributed by atoms with Gasteiger partial charge in [0.2, 0.25) is 0 Å². The number of halogens is 5. The van der Waals surface area contributed by atoms with E-state index in [-0.39, 0.29) is 102 Å². The number of carbonyl (C=O) groups excluding carboxylic acids is 4. The number of likely N-dealkylation sites (tertiary alicyclic amines) is 1. The van der Waals surface area contributed by atoms with Gasteiger partial charge < -0.3 is 23.8 Å². The summed E-state index contributed by atoms with van der Waals surface area (Å²) in [5, 5.41) is 8.63. The number of hydrogen-bond acceptors (Lipinski definition) is 10. The van der Waals surface area contributed by atoms with Crippen LogP contribution < -0.4 is 51.4 Å². The molecule has 56 heavy (non-hydrogen) atoms. The number of rotatable bonds is 9. The van der Waals surface area contributed by atoms with E-state index in [9.17, 15) is 36.7 Å². The maximum atomic E-state index is 13.6. The normalized spacial score (nSPS) is 16.6. The zero-order valence-corrected chi connectivity index (χ0v) is 37.5. The number of nitriles is 1. The van der Waals surface area contributed by atoms with Gasteiger partial charge in [0.05, 0.1) is 25.7 Å². The molecule has 0 bridgehead atoms. The minimum Gasteiger partial charge on any atom is -0.466 e. The van der Waals surface area contributed by atoms with Gasteiger partial charge in [-0.25, -0.2) is 22.4 Å². The van der Waals surface area contributed by atoms with Crippen LogP contribution in [0, 0.1) is 38.7 Å². The van der Waals surface area contributed by atoms with Crippen molar-refractivity contribution in [2.45, 2.75) is 90.3 Å². The maximum absolute atomic E-state index is 13.6. The van der Waals surface area contributed by atoms with Crippen LogP contribution in [0.5, 0.6) is 0 Å². The Morgan fingerprint density at radius 1 is 0.893 bits per heavy atom. The summed E-state index contributed by atoms with van der Waals surface area (Å²) >= 11 is 8.37. The van der Waals surface area contributed by atoms with Crippen molar-refractivity contribution in [3.63, 3.8) is 0 Å². The fourth-order valence-electron chi connectivity index (χ4n) is 6.22. The van der Waals surface area contributed by atoms with Crippen LogP contribution in [0.2, 0.25) is 0 Å². The van der Waals surface area contributed by atoms with Gasteiger partial charge in [0.25, 0.3) is 0 Å². The minimum atomic E-state index is -0.935. The molecule has 1 aromatic heterocycles. The average molecular weight is 870 g/mol. The van der Waals surface area contributed by atoms with Gasteiger partial charge in [0, 0.05) is 48.4 Å². The molecule has 0 spiro atoms. The van der Waals surface area contributed by atoms with Crippen LogP contribution in [-0.4, -0.2) is 69.7 Å². The van der Waals surface area contributed by atoms with Gasteiger partial charge in [-0.2, -0.15) is 5.26 Å². The molecule has 5 rings (SSSR count). The molecule has 2 aromatic carbocycles. The number of Topliss-reactive ketones (excluding diaryl/α,β-unsaturated/α-hetero) is 1. The summed E-state index contributed by atoms with van der Waals surface area (Å²) in [5.41, 5.74) is 1.78. The topological polar surface area (TPSA) is 144 Å². The molecule has 19 heteroatoms. The number of hydrogen-bond donors (Lipinski definition) is 2. The third-order valence-electron chi connectivity index (χ3n) is 8.28. The Kier molecular flexibility index (Phi) is 21.6. The number of benzene rings is 2. The second-order valence-corrected chi connectivity index (χ2v) is 14.0. The molecule has 3 heterocycles. The number of ether oxygens (including phenoxy) is 3. The van der Waals surface area contributed by atoms with Crippen molar-refractivity contribution in [1.29, 1.82) is 5.26 Å². The molecule has 0 saturated carbocycles. The second-order valence-electron chi connectivity index (χ2n) is 13.4. The van der Waals surface area contributed by atoms with Gasteiger partial charge in [0.1, 0.15) is 40.7 Å². The summed E-state index contributed by atoms with van der Waals surface area (Å²) in [7, 11) is 0. The minimum absolute atomic E-state index is 0. The number of fused-ring (bicyclic) bond motifs is 1. The van der Waals surface area contributed by atoms with Crippen molar-refractivity contribution < 1.29 is 102 Å². The second kappa shape index (κ2) is 23.6. The first-order chi connectivity index (χ1) is 25.4. The Bertz CT molecular complexity index is 1910. The molecule has 1 unspecified atom stereocenters. The van der Waals surface area contributed by atoms with Crippen LogP contribution in [-0.2, 0) is 48.0 Å². The standard InChI is InChI=1S/C20H25F2NO5.C16H16F2N2O2S.CHNS.ClH.K/c1-5-27-18(25)10-17(24)16-8-13(12-6-14(21)9-15(22)7-12)11-23(16)19(26)28-20(2,3)4;1-2-22-15(21)7-13-14-5-10(8-20(14)16(23)19-13)9-3-11(17)6-12(18)4-9;2-1-3;;/h6-7,9,13,16H,5,8,10-11H2,1-4H3;3-4,6,10H,2,5,7-8H2,1H3,(H,19,23);3H;1H;/q;;;;+1/t13-,16?;10-;;;/m11.../s1. The number of aromatic amines is 1. The van der Waals surface area contributed by atoms with Gasteiger partial charge >= 0.3 is 69.4 Å². The predicted octanol–water partition coefficient (Wildman–Crippen LogP) is 4.67. The van der Waals surface area contributed by atoms with Gasteiger partial charge in [-0.05, 0) is 95.1 Å². The first-order valence-corrected chi connectivity index (χ1v) is 17.8. The Hall–Kier alpha value is -2.76. The number of H-pyrrole nitrogens is 1. The van der Waals surface area contributed by atoms with Crippen LogP contribution in [0.3, 0.4) is 0 Å². The first kappa shape index (κ1) is 51.3. The van der Waals surface area contributed by atoms with Crippen LogP contribution in [0.1, 0.15) is 81.8 Å². The molecule has 1 N–H and O–H groups in total. The summed E-state index contributed by atoms with van der Waals surface area (Å²) in [6.45, 7) is 9.49. The number of esters is 2. The monoisotopic (exact) mass is 869 g/mol. The third-order valence-corrected chi connectivity index (χ3v) is 8.61. The Labute approximate surface area is 382 Å². The molecular weight excluding hydrogens is 827 g/mol. The number of thiol groups is 1. The van der Waals surface area contributed by atoms with Crippen molar-refractivity contribution in [2.24, 2.45) is 0 Å². The van der Waals surface area contributed by atoms with Crippen LogP contribution >= 0.6 is 37.3 Å². The zero-order chi connectivity index (χ0) is 40.3. The molecule has 300 valence electrons. The van der Waals surface area contributed by atoms with Crippen LogP contribution in [0.15, 0.2) is 36.4 Å². The van der Waals surface area contributed by atoms with Gasteiger partial charge in [0.15, 0.2) is 10.6 Å². The predicted molar refractivity (Wildman–Crippen MR) is 201 cm³/mol. The molecule has 0 aliphatic carbocycles. The van der Waals surface area contributed by atoms with E-state index in [1.165, 1.54) is 34.6 Å². The molecule has 0 radical (unpaired) electrons. The number of carbonyl (C=O) groups is 4. The van der Waals surface area contributed by atoms with Crippen molar-refractivity contribution >= 4 is 61.1 Å². The SMILES string of the molecule is CCOC(=O)CC(=O)C1C[C@@H](c2cc(F)cc(F)c2)CN1C(=O)OC(C)(C)C.CCOC(=O)Cc1[nH]c(=S)n2c1C[C@@H](c1cc(F)cc(F)c1)C2.Cl.N#CS.[K+]. The molecule has 2 aliphatic rings. The average Bonchev–Trinajstić information content (AvgIpc) is 3.76. The summed E-state index contributed by atoms with van der Waals surface area (Å²) in [4.78, 5) is 52.8. The molecular formula is C37H43ClF4KN4O7S2+. The number of thiocyanates is 1. The zero-order valence-electron chi connectivity index (χ0n) is 31.8. The van der Waals surface area contributed by atoms with Crippen molar-refractivity contribution in [1.82, 2.24) is 14.5 Å². The smallest absolute Gasteiger partial charge is 0.466 e. The summed E-state index contributed by atoms with van der Waals surface area (Å²) in [5.74, 6) is -4.68. The first-order valence-electron chi connectivity index (χ1n) is 17.0. The maximum Gasteiger partial charge on any atom is 1.00 e. The van der Waals surface area contributed by atoms with Crippen LogP contribution in [0.25, 0.3) is 0 Å². The number of nitrogens with one attached hydrogen (secondary N) is 1. The van der Waals surface area contributed by atoms with Gasteiger partial charge in [-0.15, -0.1) is 12.4 Å². The van der Waals surface area contributed by atoms with E-state index in [4.69, 9.17) is 31.7 Å². The van der Waals surface area contributed by atoms with Gasteiger partial charge in [-0.3, -0.25) is 19.3 Å². The van der Waals surface area contributed by atoms with Crippen molar-refractivity contribution in [3.8, 4) is 5.40 Å². The molecule has 2 aliphatic heterocycles. The van der Waals surface area contributed by atoms with Crippen LogP contribution in [0.4, 0.5) is 22.4 Å². The van der Waals surface area contributed by atoms with E-state index < -0.39 is 65.1 Å². The molecule has 1 fully saturated rings. The molecule has 3 atom stereocenters. The van der Waals surface area contributed by atoms with E-state index in [1.807, 2.05) is 4.57 Å². The quantitative estimate of drug-likeness (QED) is 0.0459. The number of ketones is 1. The van der Waals surface area contributed by atoms with Gasteiger partial charge in [-0.1, -0.05) is 12.6 Å². The number of imidazole rings is 1. The fraction of sp³-hybridized carbons (Fsp3) is 0.459. The molecule has 3 aromatic rings. The third kappa shape index (κ3) is 15.2. The Balaban J connectivity index is 0.000000513. The Morgan fingerprint density at radius 2 is 1.38 bits per heavy atom. The molecule has 1 amide bonds.